The zero-order valence-electron chi connectivity index (χ0n) is 12.3. The molecule has 0 saturated carbocycles. The highest BCUT2D eigenvalue weighted by Crippen LogP contribution is 2.19. The van der Waals surface area contributed by atoms with Crippen LogP contribution in [-0.2, 0) is 0 Å². The molecule has 0 aromatic heterocycles. The summed E-state index contributed by atoms with van der Waals surface area (Å²) in [5.74, 6) is 0.766. The van der Waals surface area contributed by atoms with Crippen LogP contribution in [0, 0.1) is 0 Å². The number of ether oxygens (including phenoxy) is 1. The summed E-state index contributed by atoms with van der Waals surface area (Å²) in [6, 6.07) is 17.1. The van der Waals surface area contributed by atoms with E-state index in [4.69, 9.17) is 16.3 Å². The molecule has 4 nitrogen and oxygen atoms in total. The standard InChI is InChI=1S/C17H21ClN2O2/c18-16-8-4-5-9-17(16)20-11-10-19-12-14(21)13-22-15-6-2-1-3-7-15/h1-9,14,19-21H,10-13H2. The Balaban J connectivity index is 1.56. The topological polar surface area (TPSA) is 53.5 Å². The van der Waals surface area contributed by atoms with E-state index in [0.717, 1.165) is 24.5 Å². The van der Waals surface area contributed by atoms with E-state index < -0.39 is 6.10 Å². The van der Waals surface area contributed by atoms with E-state index in [1.165, 1.54) is 0 Å². The highest BCUT2D eigenvalue weighted by Gasteiger charge is 2.04. The Morgan fingerprint density at radius 1 is 1.00 bits per heavy atom. The summed E-state index contributed by atoms with van der Waals surface area (Å²) in [5.41, 5.74) is 0.916. The lowest BCUT2D eigenvalue weighted by Crippen LogP contribution is -2.34. The van der Waals surface area contributed by atoms with E-state index in [1.54, 1.807) is 0 Å². The van der Waals surface area contributed by atoms with Crippen LogP contribution >= 0.6 is 11.6 Å². The van der Waals surface area contributed by atoms with Crippen LogP contribution in [0.15, 0.2) is 54.6 Å². The number of nitrogens with one attached hydrogen (secondary N) is 2. The lowest BCUT2D eigenvalue weighted by molar-refractivity contribution is 0.107. The van der Waals surface area contributed by atoms with E-state index in [0.29, 0.717) is 11.6 Å². The Bertz CT molecular complexity index is 551. The summed E-state index contributed by atoms with van der Waals surface area (Å²) in [7, 11) is 0. The summed E-state index contributed by atoms with van der Waals surface area (Å²) < 4.78 is 5.49. The van der Waals surface area contributed by atoms with E-state index in [9.17, 15) is 5.11 Å². The minimum atomic E-state index is -0.541. The van der Waals surface area contributed by atoms with Gasteiger partial charge in [0, 0.05) is 19.6 Å². The van der Waals surface area contributed by atoms with Crippen molar-refractivity contribution in [3.05, 3.63) is 59.6 Å². The summed E-state index contributed by atoms with van der Waals surface area (Å²) in [5, 5.41) is 17.0. The van der Waals surface area contributed by atoms with Gasteiger partial charge in [0.2, 0.25) is 0 Å². The number of aliphatic hydroxyl groups excluding tert-OH is 1. The minimum absolute atomic E-state index is 0.273. The van der Waals surface area contributed by atoms with Crippen molar-refractivity contribution < 1.29 is 9.84 Å². The van der Waals surface area contributed by atoms with Crippen LogP contribution in [0.5, 0.6) is 5.75 Å². The van der Waals surface area contributed by atoms with Gasteiger partial charge in [-0.2, -0.15) is 0 Å². The molecule has 0 fully saturated rings. The first-order valence-electron chi connectivity index (χ1n) is 7.31. The van der Waals surface area contributed by atoms with Crippen LogP contribution in [-0.4, -0.2) is 37.5 Å². The second-order valence-corrected chi connectivity index (χ2v) is 5.30. The van der Waals surface area contributed by atoms with Gasteiger partial charge >= 0.3 is 0 Å². The lowest BCUT2D eigenvalue weighted by atomic mass is 10.3. The highest BCUT2D eigenvalue weighted by molar-refractivity contribution is 6.33. The molecule has 0 radical (unpaired) electrons. The molecule has 2 aromatic carbocycles. The number of aliphatic hydroxyl groups is 1. The van der Waals surface area contributed by atoms with Crippen LogP contribution < -0.4 is 15.4 Å². The monoisotopic (exact) mass is 320 g/mol. The molecule has 3 N–H and O–H groups in total. The van der Waals surface area contributed by atoms with Gasteiger partial charge in [0.15, 0.2) is 0 Å². The second kappa shape index (κ2) is 9.30. The van der Waals surface area contributed by atoms with E-state index in [2.05, 4.69) is 10.6 Å². The second-order valence-electron chi connectivity index (χ2n) is 4.89. The molecule has 0 amide bonds. The highest BCUT2D eigenvalue weighted by atomic mass is 35.5. The molecule has 0 aliphatic carbocycles. The Morgan fingerprint density at radius 2 is 1.73 bits per heavy atom. The molecular weight excluding hydrogens is 300 g/mol. The average Bonchev–Trinajstić information content (AvgIpc) is 2.55. The number of halogens is 1. The maximum Gasteiger partial charge on any atom is 0.119 e. The van der Waals surface area contributed by atoms with Gasteiger partial charge in [0.05, 0.1) is 10.7 Å². The molecule has 118 valence electrons. The first-order chi connectivity index (χ1) is 10.8. The smallest absolute Gasteiger partial charge is 0.119 e. The number of para-hydroxylation sites is 2. The van der Waals surface area contributed by atoms with Gasteiger partial charge in [-0.3, -0.25) is 0 Å². The number of benzene rings is 2. The number of anilines is 1. The Hall–Kier alpha value is -1.75. The quantitative estimate of drug-likeness (QED) is 0.622. The van der Waals surface area contributed by atoms with Crippen molar-refractivity contribution in [1.82, 2.24) is 5.32 Å². The van der Waals surface area contributed by atoms with Crippen LogP contribution in [0.2, 0.25) is 5.02 Å². The molecule has 0 bridgehead atoms. The molecule has 22 heavy (non-hydrogen) atoms. The van der Waals surface area contributed by atoms with Crippen molar-refractivity contribution in [3.63, 3.8) is 0 Å². The van der Waals surface area contributed by atoms with Crippen molar-refractivity contribution >= 4 is 17.3 Å². The van der Waals surface area contributed by atoms with Crippen LogP contribution in [0.1, 0.15) is 0 Å². The fraction of sp³-hybridized carbons (Fsp3) is 0.294. The summed E-state index contributed by atoms with van der Waals surface area (Å²) in [6.07, 6.45) is -0.541. The van der Waals surface area contributed by atoms with Crippen molar-refractivity contribution in [3.8, 4) is 5.75 Å². The molecule has 2 rings (SSSR count). The van der Waals surface area contributed by atoms with Gasteiger partial charge in [0.1, 0.15) is 18.5 Å². The Labute approximate surface area is 136 Å². The van der Waals surface area contributed by atoms with Crippen LogP contribution in [0.3, 0.4) is 0 Å². The van der Waals surface area contributed by atoms with Gasteiger partial charge < -0.3 is 20.5 Å². The van der Waals surface area contributed by atoms with E-state index in [1.807, 2.05) is 54.6 Å². The molecule has 0 saturated heterocycles. The number of hydrogen-bond donors (Lipinski definition) is 3. The van der Waals surface area contributed by atoms with Crippen LogP contribution in [0.4, 0.5) is 5.69 Å². The third kappa shape index (κ3) is 5.93. The molecule has 2 aromatic rings. The molecule has 1 atom stereocenters. The fourth-order valence-corrected chi connectivity index (χ4v) is 2.13. The van der Waals surface area contributed by atoms with Crippen molar-refractivity contribution in [1.29, 1.82) is 0 Å². The first kappa shape index (κ1) is 16.6. The SMILES string of the molecule is OC(CNCCNc1ccccc1Cl)COc1ccccc1. The first-order valence-corrected chi connectivity index (χ1v) is 7.68. The maximum atomic E-state index is 9.84. The molecule has 0 heterocycles. The molecular formula is C17H21ClN2O2. The average molecular weight is 321 g/mol. The Kier molecular flexibility index (Phi) is 7.03. The third-order valence-corrected chi connectivity index (χ3v) is 3.39. The van der Waals surface area contributed by atoms with Gasteiger partial charge in [0.25, 0.3) is 0 Å². The molecule has 0 aliphatic rings. The maximum absolute atomic E-state index is 9.84. The number of hydrogen-bond acceptors (Lipinski definition) is 4. The number of rotatable bonds is 9. The molecule has 1 unspecified atom stereocenters. The molecule has 0 aliphatic heterocycles. The predicted octanol–water partition coefficient (Wildman–Crippen LogP) is 2.78. The molecule has 0 spiro atoms. The van der Waals surface area contributed by atoms with Crippen molar-refractivity contribution in [2.45, 2.75) is 6.10 Å². The summed E-state index contributed by atoms with van der Waals surface area (Å²) >= 11 is 6.05. The Morgan fingerprint density at radius 3 is 2.50 bits per heavy atom. The molecule has 5 heteroatoms. The van der Waals surface area contributed by atoms with E-state index >= 15 is 0 Å². The van der Waals surface area contributed by atoms with Gasteiger partial charge in [-0.05, 0) is 24.3 Å². The predicted molar refractivity (Wildman–Crippen MR) is 90.8 cm³/mol. The zero-order chi connectivity index (χ0) is 15.6. The normalized spacial score (nSPS) is 11.9. The zero-order valence-corrected chi connectivity index (χ0v) is 13.1. The van der Waals surface area contributed by atoms with Gasteiger partial charge in [-0.15, -0.1) is 0 Å². The van der Waals surface area contributed by atoms with Crippen LogP contribution in [0.25, 0.3) is 0 Å². The van der Waals surface area contributed by atoms with Gasteiger partial charge in [-0.1, -0.05) is 41.9 Å². The minimum Gasteiger partial charge on any atom is -0.491 e. The summed E-state index contributed by atoms with van der Waals surface area (Å²) in [6.45, 7) is 2.22. The van der Waals surface area contributed by atoms with E-state index in [-0.39, 0.29) is 6.61 Å². The third-order valence-electron chi connectivity index (χ3n) is 3.06. The van der Waals surface area contributed by atoms with Crippen molar-refractivity contribution in [2.75, 3.05) is 31.6 Å². The summed E-state index contributed by atoms with van der Waals surface area (Å²) in [4.78, 5) is 0. The van der Waals surface area contributed by atoms with Gasteiger partial charge in [-0.25, -0.2) is 0 Å². The van der Waals surface area contributed by atoms with Crippen molar-refractivity contribution in [2.24, 2.45) is 0 Å². The fourth-order valence-electron chi connectivity index (χ4n) is 1.93. The lowest BCUT2D eigenvalue weighted by Gasteiger charge is -2.14. The largest absolute Gasteiger partial charge is 0.491 e.